The first-order valence-electron chi connectivity index (χ1n) is 5.52. The number of hydrogen-bond acceptors (Lipinski definition) is 4. The molecule has 0 radical (unpaired) electrons. The van der Waals surface area contributed by atoms with Crippen molar-refractivity contribution in [1.82, 2.24) is 0 Å². The van der Waals surface area contributed by atoms with E-state index in [-0.39, 0.29) is 11.9 Å². The van der Waals surface area contributed by atoms with Gasteiger partial charge in [-0.3, -0.25) is 4.79 Å². The van der Waals surface area contributed by atoms with Crippen LogP contribution in [-0.4, -0.2) is 24.2 Å². The Kier molecular flexibility index (Phi) is 3.73. The van der Waals surface area contributed by atoms with Crippen LogP contribution < -0.4 is 11.5 Å². The topological polar surface area (TPSA) is 78.3 Å². The minimum Gasteiger partial charge on any atom is -0.459 e. The number of carbonyl (C=O) groups is 1. The molecule has 0 aromatic rings. The van der Waals surface area contributed by atoms with Crippen molar-refractivity contribution in [3.05, 3.63) is 0 Å². The Morgan fingerprint density at radius 2 is 2.00 bits per heavy atom. The zero-order chi connectivity index (χ0) is 11.6. The number of esters is 1. The van der Waals surface area contributed by atoms with Crippen LogP contribution in [0.25, 0.3) is 0 Å². The lowest BCUT2D eigenvalue weighted by atomic mass is 9.71. The highest BCUT2D eigenvalue weighted by molar-refractivity contribution is 5.76. The van der Waals surface area contributed by atoms with Gasteiger partial charge in [0.2, 0.25) is 0 Å². The molecule has 0 aliphatic heterocycles. The molecule has 1 fully saturated rings. The molecule has 1 aliphatic carbocycles. The Bertz CT molecular complexity index is 229. The average molecular weight is 214 g/mol. The molecule has 0 bridgehead atoms. The third-order valence-corrected chi connectivity index (χ3v) is 2.79. The molecule has 1 rings (SSSR count). The first kappa shape index (κ1) is 12.5. The van der Waals surface area contributed by atoms with Crippen molar-refractivity contribution in [2.75, 3.05) is 6.54 Å². The molecule has 0 heterocycles. The van der Waals surface area contributed by atoms with E-state index in [0.29, 0.717) is 12.5 Å². The normalized spacial score (nSPS) is 28.1. The number of rotatable bonds is 3. The Hall–Kier alpha value is -0.610. The van der Waals surface area contributed by atoms with Crippen molar-refractivity contribution in [3.8, 4) is 0 Å². The van der Waals surface area contributed by atoms with Crippen LogP contribution in [0.15, 0.2) is 0 Å². The molecule has 0 aromatic carbocycles. The zero-order valence-electron chi connectivity index (χ0n) is 9.82. The minimum absolute atomic E-state index is 0.258. The van der Waals surface area contributed by atoms with E-state index < -0.39 is 11.6 Å². The lowest BCUT2D eigenvalue weighted by Gasteiger charge is -2.38. The van der Waals surface area contributed by atoms with Crippen molar-refractivity contribution < 1.29 is 9.53 Å². The minimum atomic E-state index is -0.480. The van der Waals surface area contributed by atoms with Crippen LogP contribution in [0.3, 0.4) is 0 Å². The molecule has 4 heteroatoms. The Labute approximate surface area is 91.3 Å². The Morgan fingerprint density at radius 1 is 1.47 bits per heavy atom. The summed E-state index contributed by atoms with van der Waals surface area (Å²) in [6.45, 7) is 6.24. The second-order valence-electron chi connectivity index (χ2n) is 5.39. The lowest BCUT2D eigenvalue weighted by molar-refractivity contribution is -0.159. The SMILES string of the molecule is CC(C)(C)OC(=O)[C@@H](N)C1CC(CN)C1. The van der Waals surface area contributed by atoms with Gasteiger partial charge in [0.05, 0.1) is 0 Å². The van der Waals surface area contributed by atoms with Crippen LogP contribution in [0.1, 0.15) is 33.6 Å². The van der Waals surface area contributed by atoms with Gasteiger partial charge in [0.15, 0.2) is 0 Å². The summed E-state index contributed by atoms with van der Waals surface area (Å²) < 4.78 is 5.23. The van der Waals surface area contributed by atoms with E-state index in [9.17, 15) is 4.79 Å². The third kappa shape index (κ3) is 3.47. The quantitative estimate of drug-likeness (QED) is 0.676. The van der Waals surface area contributed by atoms with Crippen molar-refractivity contribution in [2.45, 2.75) is 45.3 Å². The van der Waals surface area contributed by atoms with Gasteiger partial charge in [0.25, 0.3) is 0 Å². The number of ether oxygens (including phenoxy) is 1. The zero-order valence-corrected chi connectivity index (χ0v) is 9.82. The van der Waals surface area contributed by atoms with Gasteiger partial charge in [-0.2, -0.15) is 0 Å². The Balaban J connectivity index is 2.35. The Morgan fingerprint density at radius 3 is 2.40 bits per heavy atom. The van der Waals surface area contributed by atoms with Crippen molar-refractivity contribution in [2.24, 2.45) is 23.3 Å². The van der Waals surface area contributed by atoms with E-state index in [1.807, 2.05) is 20.8 Å². The van der Waals surface area contributed by atoms with Gasteiger partial charge in [-0.05, 0) is 52.0 Å². The van der Waals surface area contributed by atoms with E-state index in [2.05, 4.69) is 0 Å². The number of carbonyl (C=O) groups excluding carboxylic acids is 1. The molecule has 0 unspecified atom stereocenters. The summed E-state index contributed by atoms with van der Waals surface area (Å²) in [5.41, 5.74) is 10.9. The van der Waals surface area contributed by atoms with Gasteiger partial charge in [-0.15, -0.1) is 0 Å². The fourth-order valence-electron chi connectivity index (χ4n) is 1.84. The van der Waals surface area contributed by atoms with Gasteiger partial charge in [0.1, 0.15) is 11.6 Å². The third-order valence-electron chi connectivity index (χ3n) is 2.79. The van der Waals surface area contributed by atoms with E-state index in [4.69, 9.17) is 16.2 Å². The maximum atomic E-state index is 11.6. The van der Waals surface area contributed by atoms with Crippen LogP contribution in [0.5, 0.6) is 0 Å². The highest BCUT2D eigenvalue weighted by Gasteiger charge is 2.37. The molecule has 1 saturated carbocycles. The lowest BCUT2D eigenvalue weighted by Crippen LogP contribution is -2.48. The van der Waals surface area contributed by atoms with Gasteiger partial charge in [-0.1, -0.05) is 0 Å². The van der Waals surface area contributed by atoms with Crippen molar-refractivity contribution >= 4 is 5.97 Å². The molecule has 4 nitrogen and oxygen atoms in total. The molecule has 4 N–H and O–H groups in total. The largest absolute Gasteiger partial charge is 0.459 e. The van der Waals surface area contributed by atoms with Gasteiger partial charge < -0.3 is 16.2 Å². The first-order chi connectivity index (χ1) is 6.83. The van der Waals surface area contributed by atoms with Crippen LogP contribution in [0.2, 0.25) is 0 Å². The summed E-state index contributed by atoms with van der Waals surface area (Å²) in [5, 5.41) is 0. The monoisotopic (exact) mass is 214 g/mol. The molecule has 0 saturated heterocycles. The van der Waals surface area contributed by atoms with E-state index in [1.165, 1.54) is 0 Å². The van der Waals surface area contributed by atoms with Gasteiger partial charge >= 0.3 is 5.97 Å². The van der Waals surface area contributed by atoms with Crippen LogP contribution >= 0.6 is 0 Å². The van der Waals surface area contributed by atoms with Crippen molar-refractivity contribution in [1.29, 1.82) is 0 Å². The van der Waals surface area contributed by atoms with Crippen LogP contribution in [0.4, 0.5) is 0 Å². The second kappa shape index (κ2) is 4.49. The maximum absolute atomic E-state index is 11.6. The molecule has 15 heavy (non-hydrogen) atoms. The number of nitrogens with two attached hydrogens (primary N) is 2. The fourth-order valence-corrected chi connectivity index (χ4v) is 1.84. The molecule has 0 aromatic heterocycles. The first-order valence-corrected chi connectivity index (χ1v) is 5.52. The van der Waals surface area contributed by atoms with Gasteiger partial charge in [-0.25, -0.2) is 0 Å². The predicted molar refractivity (Wildman–Crippen MR) is 59.1 cm³/mol. The highest BCUT2D eigenvalue weighted by atomic mass is 16.6. The van der Waals surface area contributed by atoms with E-state index in [0.717, 1.165) is 12.8 Å². The molecular weight excluding hydrogens is 192 g/mol. The van der Waals surface area contributed by atoms with Gasteiger partial charge in [0, 0.05) is 0 Å². The standard InChI is InChI=1S/C11H22N2O2/c1-11(2,3)15-10(14)9(13)8-4-7(5-8)6-12/h7-9H,4-6,12-13H2,1-3H3/t7?,8?,9-/m0/s1. The van der Waals surface area contributed by atoms with Crippen molar-refractivity contribution in [3.63, 3.8) is 0 Å². The summed E-state index contributed by atoms with van der Waals surface area (Å²) in [6, 6.07) is -0.480. The summed E-state index contributed by atoms with van der Waals surface area (Å²) >= 11 is 0. The van der Waals surface area contributed by atoms with Crippen LogP contribution in [-0.2, 0) is 9.53 Å². The smallest absolute Gasteiger partial charge is 0.323 e. The molecule has 1 atom stereocenters. The summed E-state index contributed by atoms with van der Waals surface area (Å²) in [5.74, 6) is 0.514. The molecular formula is C11H22N2O2. The second-order valence-corrected chi connectivity index (χ2v) is 5.39. The summed E-state index contributed by atoms with van der Waals surface area (Å²) in [7, 11) is 0. The summed E-state index contributed by atoms with van der Waals surface area (Å²) in [6.07, 6.45) is 1.91. The highest BCUT2D eigenvalue weighted by Crippen LogP contribution is 2.35. The fraction of sp³-hybridized carbons (Fsp3) is 0.909. The number of hydrogen-bond donors (Lipinski definition) is 2. The molecule has 88 valence electrons. The average Bonchev–Trinajstić information content (AvgIpc) is 1.98. The van der Waals surface area contributed by atoms with Crippen LogP contribution in [0, 0.1) is 11.8 Å². The molecule has 0 spiro atoms. The maximum Gasteiger partial charge on any atom is 0.323 e. The molecule has 0 amide bonds. The van der Waals surface area contributed by atoms with E-state index in [1.54, 1.807) is 0 Å². The predicted octanol–water partition coefficient (Wildman–Crippen LogP) is 0.640. The molecule has 1 aliphatic rings. The van der Waals surface area contributed by atoms with E-state index >= 15 is 0 Å². The summed E-state index contributed by atoms with van der Waals surface area (Å²) in [4.78, 5) is 11.6.